The highest BCUT2D eigenvalue weighted by Gasteiger charge is 2.38. The van der Waals surface area contributed by atoms with Crippen molar-refractivity contribution < 1.29 is 13.3 Å². The molecule has 3 aliphatic heterocycles. The minimum Gasteiger partial charge on any atom is -0.333 e. The fraction of sp³-hybridized carbons (Fsp3) is 0.588. The molecule has 0 aromatic heterocycles. The van der Waals surface area contributed by atoms with Gasteiger partial charge in [-0.05, 0) is 25.3 Å². The maximum absolute atomic E-state index is 12.4. The molecule has 0 spiro atoms. The van der Waals surface area contributed by atoms with Gasteiger partial charge in [0.1, 0.15) is 18.2 Å². The molecule has 3 aliphatic rings. The van der Waals surface area contributed by atoms with Gasteiger partial charge in [-0.1, -0.05) is 13.8 Å². The fourth-order valence-electron chi connectivity index (χ4n) is 3.38. The number of nitrogens with one attached hydrogen (secondary N) is 1. The van der Waals surface area contributed by atoms with Gasteiger partial charge in [0.15, 0.2) is 0 Å². The molecule has 0 fully saturated rings. The van der Waals surface area contributed by atoms with Gasteiger partial charge in [0.25, 0.3) is 0 Å². The zero-order valence-corrected chi connectivity index (χ0v) is 16.6. The van der Waals surface area contributed by atoms with Gasteiger partial charge in [-0.15, -0.1) is 0 Å². The fourth-order valence-corrected chi connectivity index (χ4v) is 4.70. The molecular weight excluding hydrogens is 354 g/mol. The van der Waals surface area contributed by atoms with E-state index in [1.54, 1.807) is 18.4 Å². The zero-order chi connectivity index (χ0) is 18.9. The minimum absolute atomic E-state index is 0.105. The summed E-state index contributed by atoms with van der Waals surface area (Å²) in [5.41, 5.74) is 2.59. The summed E-state index contributed by atoms with van der Waals surface area (Å²) in [5.74, 6) is 1.02. The summed E-state index contributed by atoms with van der Waals surface area (Å²) in [6, 6.07) is -0.455. The average Bonchev–Trinajstić information content (AvgIpc) is 3.01. The number of sulfonamides is 1. The van der Waals surface area contributed by atoms with Crippen LogP contribution < -0.4 is 4.72 Å². The van der Waals surface area contributed by atoms with Crippen molar-refractivity contribution in [2.45, 2.75) is 39.7 Å². The van der Waals surface area contributed by atoms with E-state index in [0.29, 0.717) is 13.1 Å². The van der Waals surface area contributed by atoms with Crippen LogP contribution in [0.2, 0.25) is 0 Å². The van der Waals surface area contributed by atoms with Gasteiger partial charge in [0, 0.05) is 12.7 Å². The lowest BCUT2D eigenvalue weighted by Gasteiger charge is -2.40. The van der Waals surface area contributed by atoms with Crippen LogP contribution in [-0.2, 0) is 14.9 Å². The molecular formula is C17H27N5O3S. The molecule has 1 unspecified atom stereocenters. The molecule has 1 N–H and O–H groups in total. The van der Waals surface area contributed by atoms with E-state index in [9.17, 15) is 8.42 Å². The Labute approximate surface area is 155 Å². The van der Waals surface area contributed by atoms with E-state index >= 15 is 0 Å². The molecule has 0 aliphatic carbocycles. The van der Waals surface area contributed by atoms with Crippen molar-refractivity contribution in [3.8, 4) is 0 Å². The van der Waals surface area contributed by atoms with Crippen LogP contribution in [0.5, 0.6) is 0 Å². The largest absolute Gasteiger partial charge is 0.333 e. The number of aliphatic imine (C=N–C) groups is 1. The lowest BCUT2D eigenvalue weighted by atomic mass is 10.0. The SMILES string of the molecule is CCCN1C=C(C)C(NS(=O)(=O)CCC)C2=C1N1CN(OC)C=C1C=N2. The van der Waals surface area contributed by atoms with Gasteiger partial charge < -0.3 is 9.80 Å². The lowest BCUT2D eigenvalue weighted by molar-refractivity contribution is -0.0968. The summed E-state index contributed by atoms with van der Waals surface area (Å²) in [4.78, 5) is 14.2. The van der Waals surface area contributed by atoms with Crippen LogP contribution >= 0.6 is 0 Å². The van der Waals surface area contributed by atoms with Crippen molar-refractivity contribution in [2.24, 2.45) is 4.99 Å². The van der Waals surface area contributed by atoms with Crippen molar-refractivity contribution in [2.75, 3.05) is 26.1 Å². The van der Waals surface area contributed by atoms with E-state index in [0.717, 1.165) is 35.8 Å². The van der Waals surface area contributed by atoms with Crippen molar-refractivity contribution in [3.63, 3.8) is 0 Å². The van der Waals surface area contributed by atoms with Crippen molar-refractivity contribution in [3.05, 3.63) is 35.2 Å². The third kappa shape index (κ3) is 3.51. The van der Waals surface area contributed by atoms with Crippen LogP contribution in [0.25, 0.3) is 0 Å². The van der Waals surface area contributed by atoms with Crippen molar-refractivity contribution in [1.82, 2.24) is 19.6 Å². The van der Waals surface area contributed by atoms with Gasteiger partial charge in [-0.25, -0.2) is 18.2 Å². The van der Waals surface area contributed by atoms with E-state index < -0.39 is 16.1 Å². The summed E-state index contributed by atoms with van der Waals surface area (Å²) >= 11 is 0. The van der Waals surface area contributed by atoms with Gasteiger partial charge in [0.2, 0.25) is 10.0 Å². The van der Waals surface area contributed by atoms with Crippen molar-refractivity contribution >= 4 is 16.2 Å². The molecule has 0 aromatic rings. The topological polar surface area (TPSA) is 77.5 Å². The molecule has 9 heteroatoms. The molecule has 0 radical (unpaired) electrons. The second kappa shape index (κ2) is 7.42. The molecule has 8 nitrogen and oxygen atoms in total. The van der Waals surface area contributed by atoms with E-state index in [1.807, 2.05) is 26.2 Å². The monoisotopic (exact) mass is 381 g/mol. The van der Waals surface area contributed by atoms with Gasteiger partial charge >= 0.3 is 0 Å². The van der Waals surface area contributed by atoms with Crippen LogP contribution in [0.15, 0.2) is 40.2 Å². The normalized spacial score (nSPS) is 22.5. The summed E-state index contributed by atoms with van der Waals surface area (Å²) < 4.78 is 27.6. The van der Waals surface area contributed by atoms with E-state index in [-0.39, 0.29) is 5.75 Å². The van der Waals surface area contributed by atoms with Gasteiger partial charge in [-0.2, -0.15) is 0 Å². The molecule has 0 saturated heterocycles. The molecule has 0 saturated carbocycles. The number of hydrogen-bond donors (Lipinski definition) is 1. The molecule has 26 heavy (non-hydrogen) atoms. The first-order valence-electron chi connectivity index (χ1n) is 8.93. The zero-order valence-electron chi connectivity index (χ0n) is 15.8. The standard InChI is InChI=1S/C17H27N5O3S/c1-5-7-20-10-13(3)15(19-26(23,24)8-6-2)16-17(20)22-12-21(25-4)11-14(22)9-18-16/h9-11,15,19H,5-8,12H2,1-4H3. The molecule has 0 aromatic carbocycles. The molecule has 144 valence electrons. The lowest BCUT2D eigenvalue weighted by Crippen LogP contribution is -2.47. The Morgan fingerprint density at radius 2 is 2.08 bits per heavy atom. The van der Waals surface area contributed by atoms with Crippen LogP contribution in [-0.4, -0.2) is 61.6 Å². The maximum atomic E-state index is 12.4. The number of hydrogen-bond acceptors (Lipinski definition) is 7. The first kappa shape index (κ1) is 18.9. The highest BCUT2D eigenvalue weighted by molar-refractivity contribution is 7.89. The number of fused-ring (bicyclic) bond motifs is 2. The average molecular weight is 382 g/mol. The minimum atomic E-state index is -3.37. The van der Waals surface area contributed by atoms with E-state index in [2.05, 4.69) is 26.4 Å². The molecule has 0 bridgehead atoms. The predicted octanol–water partition coefficient (Wildman–Crippen LogP) is 1.55. The predicted molar refractivity (Wildman–Crippen MR) is 101 cm³/mol. The Hall–Kier alpha value is -1.84. The summed E-state index contributed by atoms with van der Waals surface area (Å²) in [7, 11) is -1.74. The maximum Gasteiger partial charge on any atom is 0.212 e. The summed E-state index contributed by atoms with van der Waals surface area (Å²) in [6.07, 6.45) is 7.22. The van der Waals surface area contributed by atoms with Crippen LogP contribution in [0, 0.1) is 0 Å². The highest BCUT2D eigenvalue weighted by Crippen LogP contribution is 2.36. The van der Waals surface area contributed by atoms with Crippen LogP contribution in [0.3, 0.4) is 0 Å². The summed E-state index contributed by atoms with van der Waals surface area (Å²) in [5, 5.41) is 1.73. The Morgan fingerprint density at radius 3 is 2.73 bits per heavy atom. The molecule has 3 rings (SSSR count). The smallest absolute Gasteiger partial charge is 0.212 e. The Bertz CT molecular complexity index is 784. The molecule has 0 amide bonds. The number of rotatable bonds is 7. The first-order chi connectivity index (χ1) is 12.4. The Balaban J connectivity index is 2.00. The van der Waals surface area contributed by atoms with Crippen LogP contribution in [0.1, 0.15) is 33.6 Å². The Kier molecular flexibility index (Phi) is 5.40. The second-order valence-corrected chi connectivity index (χ2v) is 8.50. The van der Waals surface area contributed by atoms with Gasteiger partial charge in [-0.3, -0.25) is 9.83 Å². The number of allylic oxidation sites excluding steroid dienone is 1. The van der Waals surface area contributed by atoms with E-state index in [1.165, 1.54) is 0 Å². The third-order valence-corrected chi connectivity index (χ3v) is 6.06. The molecule has 3 heterocycles. The van der Waals surface area contributed by atoms with Gasteiger partial charge in [0.05, 0.1) is 37.0 Å². The Morgan fingerprint density at radius 1 is 1.31 bits per heavy atom. The first-order valence-corrected chi connectivity index (χ1v) is 10.6. The van der Waals surface area contributed by atoms with Crippen LogP contribution in [0.4, 0.5) is 0 Å². The second-order valence-electron chi connectivity index (χ2n) is 6.63. The van der Waals surface area contributed by atoms with E-state index in [4.69, 9.17) is 4.84 Å². The highest BCUT2D eigenvalue weighted by atomic mass is 32.2. The number of nitrogens with zero attached hydrogens (tertiary/aromatic N) is 4. The number of hydroxylamine groups is 2. The van der Waals surface area contributed by atoms with Crippen molar-refractivity contribution in [1.29, 1.82) is 0 Å². The summed E-state index contributed by atoms with van der Waals surface area (Å²) in [6.45, 7) is 7.29. The quantitative estimate of drug-likeness (QED) is 0.721. The third-order valence-electron chi connectivity index (χ3n) is 4.52. The molecule has 1 atom stereocenters.